The number of amides is 1. The van der Waals surface area contributed by atoms with Crippen LogP contribution in [0.2, 0.25) is 0 Å². The number of sulfone groups is 1. The Kier molecular flexibility index (Phi) is 7.83. The maximum absolute atomic E-state index is 12.2. The van der Waals surface area contributed by atoms with Gasteiger partial charge in [-0.1, -0.05) is 25.0 Å². The molecule has 6 heteroatoms. The van der Waals surface area contributed by atoms with Crippen LogP contribution in [0, 0.1) is 11.8 Å². The number of rotatable bonds is 7. The zero-order chi connectivity index (χ0) is 21.7. The fourth-order valence-corrected chi connectivity index (χ4v) is 6.11. The van der Waals surface area contributed by atoms with Crippen LogP contribution in [-0.4, -0.2) is 56.4 Å². The standard InChI is InChI=1S/C24H38N2O3S/c1-19(2)30(28,29)18-23-8-6-21(7-9-23)4-5-22-10-12-24(13-11-22)26-16-14-25(15-17-26)20(3)27/h10-13,19,21,23H,4-9,14-18H2,1-3H3. The fourth-order valence-electron chi connectivity index (χ4n) is 4.73. The van der Waals surface area contributed by atoms with Gasteiger partial charge in [-0.05, 0) is 69.1 Å². The minimum atomic E-state index is -2.91. The molecule has 1 aromatic carbocycles. The molecule has 0 bridgehead atoms. The Balaban J connectivity index is 1.40. The number of carbonyl (C=O) groups is 1. The van der Waals surface area contributed by atoms with Gasteiger partial charge >= 0.3 is 0 Å². The number of carbonyl (C=O) groups excluding carboxylic acids is 1. The van der Waals surface area contributed by atoms with Crippen LogP contribution < -0.4 is 4.90 Å². The van der Waals surface area contributed by atoms with Crippen molar-refractivity contribution in [1.29, 1.82) is 0 Å². The maximum Gasteiger partial charge on any atom is 0.219 e. The van der Waals surface area contributed by atoms with Crippen molar-refractivity contribution >= 4 is 21.4 Å². The summed E-state index contributed by atoms with van der Waals surface area (Å²) in [6, 6.07) is 8.92. The minimum Gasteiger partial charge on any atom is -0.368 e. The van der Waals surface area contributed by atoms with Crippen molar-refractivity contribution in [2.75, 3.05) is 36.8 Å². The highest BCUT2D eigenvalue weighted by Crippen LogP contribution is 2.33. The third-order valence-electron chi connectivity index (χ3n) is 7.02. The molecule has 30 heavy (non-hydrogen) atoms. The van der Waals surface area contributed by atoms with Crippen LogP contribution in [0.4, 0.5) is 5.69 Å². The lowest BCUT2D eigenvalue weighted by Gasteiger charge is -2.35. The zero-order valence-corrected chi connectivity index (χ0v) is 19.7. The lowest BCUT2D eigenvalue weighted by Crippen LogP contribution is -2.48. The largest absolute Gasteiger partial charge is 0.368 e. The predicted octanol–water partition coefficient (Wildman–Crippen LogP) is 3.92. The Morgan fingerprint density at radius 2 is 1.53 bits per heavy atom. The summed E-state index contributed by atoms with van der Waals surface area (Å²) in [5.74, 6) is 1.62. The third-order valence-corrected chi connectivity index (χ3v) is 9.39. The first-order chi connectivity index (χ1) is 14.2. The first kappa shape index (κ1) is 23.1. The van der Waals surface area contributed by atoms with Gasteiger partial charge in [0.2, 0.25) is 5.91 Å². The number of hydrogen-bond acceptors (Lipinski definition) is 4. The summed E-state index contributed by atoms with van der Waals surface area (Å²) in [5, 5.41) is -0.254. The molecule has 1 amide bonds. The van der Waals surface area contributed by atoms with Crippen LogP contribution in [0.15, 0.2) is 24.3 Å². The SMILES string of the molecule is CC(=O)N1CCN(c2ccc(CCC3CCC(CS(=O)(=O)C(C)C)CC3)cc2)CC1. The number of piperazine rings is 1. The Hall–Kier alpha value is -1.56. The van der Waals surface area contributed by atoms with Gasteiger partial charge in [0.25, 0.3) is 0 Å². The van der Waals surface area contributed by atoms with Crippen LogP contribution in [-0.2, 0) is 21.1 Å². The van der Waals surface area contributed by atoms with Crippen LogP contribution in [0.5, 0.6) is 0 Å². The second-order valence-corrected chi connectivity index (χ2v) is 12.1. The molecule has 1 saturated heterocycles. The molecule has 1 aliphatic carbocycles. The van der Waals surface area contributed by atoms with Crippen LogP contribution in [0.25, 0.3) is 0 Å². The lowest BCUT2D eigenvalue weighted by atomic mass is 9.80. The normalized spacial score (nSPS) is 23.1. The summed E-state index contributed by atoms with van der Waals surface area (Å²) in [4.78, 5) is 15.7. The van der Waals surface area contributed by atoms with E-state index < -0.39 is 9.84 Å². The van der Waals surface area contributed by atoms with Gasteiger partial charge in [0.05, 0.1) is 11.0 Å². The third kappa shape index (κ3) is 6.22. The van der Waals surface area contributed by atoms with E-state index in [9.17, 15) is 13.2 Å². The maximum atomic E-state index is 12.2. The average molecular weight is 435 g/mol. The first-order valence-corrected chi connectivity index (χ1v) is 13.3. The summed E-state index contributed by atoms with van der Waals surface area (Å²) in [6.07, 6.45) is 6.73. The van der Waals surface area contributed by atoms with Gasteiger partial charge in [-0.15, -0.1) is 0 Å². The van der Waals surface area contributed by atoms with Gasteiger partial charge in [0.15, 0.2) is 9.84 Å². The van der Waals surface area contributed by atoms with Crippen molar-refractivity contribution in [1.82, 2.24) is 4.90 Å². The molecule has 3 rings (SSSR count). The quantitative estimate of drug-likeness (QED) is 0.653. The minimum absolute atomic E-state index is 0.167. The van der Waals surface area contributed by atoms with E-state index in [4.69, 9.17) is 0 Å². The average Bonchev–Trinajstić information content (AvgIpc) is 2.73. The smallest absolute Gasteiger partial charge is 0.219 e. The molecule has 0 N–H and O–H groups in total. The van der Waals surface area contributed by atoms with Crippen LogP contribution in [0.3, 0.4) is 0 Å². The first-order valence-electron chi connectivity index (χ1n) is 11.6. The van der Waals surface area contributed by atoms with E-state index in [2.05, 4.69) is 29.2 Å². The summed E-state index contributed by atoms with van der Waals surface area (Å²) in [5.41, 5.74) is 2.62. The summed E-state index contributed by atoms with van der Waals surface area (Å²) < 4.78 is 24.3. The van der Waals surface area contributed by atoms with Gasteiger partial charge in [0, 0.05) is 38.8 Å². The highest BCUT2D eigenvalue weighted by Gasteiger charge is 2.27. The van der Waals surface area contributed by atoms with E-state index in [0.717, 1.165) is 64.2 Å². The summed E-state index contributed by atoms with van der Waals surface area (Å²) in [7, 11) is -2.91. The summed E-state index contributed by atoms with van der Waals surface area (Å²) >= 11 is 0. The van der Waals surface area contributed by atoms with Crippen molar-refractivity contribution in [3.63, 3.8) is 0 Å². The molecule has 1 saturated carbocycles. The Bertz CT molecular complexity index is 788. The molecule has 0 aromatic heterocycles. The molecular formula is C24H38N2O3S. The second kappa shape index (κ2) is 10.2. The van der Waals surface area contributed by atoms with E-state index >= 15 is 0 Å². The van der Waals surface area contributed by atoms with Gasteiger partial charge in [-0.2, -0.15) is 0 Å². The van der Waals surface area contributed by atoms with E-state index in [1.165, 1.54) is 17.7 Å². The molecule has 0 spiro atoms. The van der Waals surface area contributed by atoms with Gasteiger partial charge in [-0.25, -0.2) is 8.42 Å². The molecule has 0 radical (unpaired) electrons. The van der Waals surface area contributed by atoms with E-state index in [0.29, 0.717) is 11.7 Å². The topological polar surface area (TPSA) is 57.7 Å². The van der Waals surface area contributed by atoms with Crippen molar-refractivity contribution in [2.45, 2.75) is 64.5 Å². The van der Waals surface area contributed by atoms with Crippen LogP contribution >= 0.6 is 0 Å². The second-order valence-electron chi connectivity index (χ2n) is 9.46. The zero-order valence-electron chi connectivity index (χ0n) is 18.8. The Morgan fingerprint density at radius 3 is 2.07 bits per heavy atom. The van der Waals surface area contributed by atoms with E-state index in [1.807, 2.05) is 4.90 Å². The van der Waals surface area contributed by atoms with Crippen molar-refractivity contribution in [3.05, 3.63) is 29.8 Å². The lowest BCUT2D eigenvalue weighted by molar-refractivity contribution is -0.129. The molecule has 0 atom stereocenters. The molecule has 5 nitrogen and oxygen atoms in total. The monoisotopic (exact) mass is 434 g/mol. The molecule has 168 valence electrons. The molecule has 0 unspecified atom stereocenters. The molecule has 2 fully saturated rings. The van der Waals surface area contributed by atoms with E-state index in [-0.39, 0.29) is 11.2 Å². The number of nitrogens with zero attached hydrogens (tertiary/aromatic N) is 2. The van der Waals surface area contributed by atoms with Crippen molar-refractivity contribution in [3.8, 4) is 0 Å². The molecule has 1 aromatic rings. The Morgan fingerprint density at radius 1 is 0.967 bits per heavy atom. The molecule has 1 aliphatic heterocycles. The molecule has 2 aliphatic rings. The van der Waals surface area contributed by atoms with Crippen LogP contribution in [0.1, 0.15) is 58.4 Å². The number of aryl methyl sites for hydroxylation is 1. The predicted molar refractivity (Wildman–Crippen MR) is 124 cm³/mol. The summed E-state index contributed by atoms with van der Waals surface area (Å²) in [6.45, 7) is 8.63. The van der Waals surface area contributed by atoms with E-state index in [1.54, 1.807) is 20.8 Å². The van der Waals surface area contributed by atoms with Crippen molar-refractivity contribution in [2.24, 2.45) is 11.8 Å². The number of benzene rings is 1. The highest BCUT2D eigenvalue weighted by atomic mass is 32.2. The molecular weight excluding hydrogens is 396 g/mol. The highest BCUT2D eigenvalue weighted by molar-refractivity contribution is 7.91. The van der Waals surface area contributed by atoms with Gasteiger partial charge in [0.1, 0.15) is 0 Å². The van der Waals surface area contributed by atoms with Crippen molar-refractivity contribution < 1.29 is 13.2 Å². The fraction of sp³-hybridized carbons (Fsp3) is 0.708. The Labute approximate surface area is 182 Å². The van der Waals surface area contributed by atoms with Gasteiger partial charge < -0.3 is 9.80 Å². The number of hydrogen-bond donors (Lipinski definition) is 0. The molecule has 1 heterocycles. The van der Waals surface area contributed by atoms with Gasteiger partial charge in [-0.3, -0.25) is 4.79 Å². The number of anilines is 1.